The van der Waals surface area contributed by atoms with Gasteiger partial charge in [0.05, 0.1) is 7.11 Å². The number of hydrogen-bond donors (Lipinski definition) is 2. The Labute approximate surface area is 83.8 Å². The smallest absolute Gasteiger partial charge is 0.192 e. The van der Waals surface area contributed by atoms with E-state index in [2.05, 4.69) is 10.3 Å². The van der Waals surface area contributed by atoms with E-state index in [1.807, 2.05) is 25.1 Å². The van der Waals surface area contributed by atoms with Gasteiger partial charge in [0.15, 0.2) is 5.96 Å². The number of nitrogens with zero attached hydrogens (tertiary/aromatic N) is 1. The highest BCUT2D eigenvalue weighted by molar-refractivity contribution is 5.93. The van der Waals surface area contributed by atoms with E-state index in [9.17, 15) is 0 Å². The molecule has 4 heteroatoms. The second-order valence-electron chi connectivity index (χ2n) is 2.91. The molecule has 1 aromatic carbocycles. The number of hydrogen-bond acceptors (Lipinski definition) is 2. The number of anilines is 1. The lowest BCUT2D eigenvalue weighted by molar-refractivity contribution is 0.415. The maximum Gasteiger partial charge on any atom is 0.192 e. The zero-order valence-electron chi connectivity index (χ0n) is 8.66. The first-order chi connectivity index (χ1) is 6.67. The highest BCUT2D eigenvalue weighted by atomic mass is 16.5. The molecular formula is C10H15N3O. The first-order valence-corrected chi connectivity index (χ1v) is 4.31. The van der Waals surface area contributed by atoms with Crippen molar-refractivity contribution in [3.63, 3.8) is 0 Å². The summed E-state index contributed by atoms with van der Waals surface area (Å²) in [6.07, 6.45) is 0. The van der Waals surface area contributed by atoms with Gasteiger partial charge >= 0.3 is 0 Å². The van der Waals surface area contributed by atoms with E-state index in [0.717, 1.165) is 17.0 Å². The molecule has 0 amide bonds. The van der Waals surface area contributed by atoms with Crippen LogP contribution in [0, 0.1) is 6.92 Å². The van der Waals surface area contributed by atoms with Crippen molar-refractivity contribution in [2.45, 2.75) is 6.92 Å². The van der Waals surface area contributed by atoms with Crippen molar-refractivity contribution in [3.8, 4) is 5.75 Å². The van der Waals surface area contributed by atoms with Gasteiger partial charge in [0.1, 0.15) is 5.75 Å². The van der Waals surface area contributed by atoms with Crippen molar-refractivity contribution in [2.75, 3.05) is 19.5 Å². The number of guanidine groups is 1. The van der Waals surface area contributed by atoms with Crippen molar-refractivity contribution in [1.29, 1.82) is 0 Å². The van der Waals surface area contributed by atoms with Crippen LogP contribution in [-0.4, -0.2) is 20.1 Å². The summed E-state index contributed by atoms with van der Waals surface area (Å²) in [6, 6.07) is 5.75. The van der Waals surface area contributed by atoms with Crippen molar-refractivity contribution in [1.82, 2.24) is 0 Å². The Morgan fingerprint density at radius 2 is 2.21 bits per heavy atom. The molecule has 0 radical (unpaired) electrons. The molecular weight excluding hydrogens is 178 g/mol. The van der Waals surface area contributed by atoms with E-state index in [-0.39, 0.29) is 0 Å². The molecule has 0 heterocycles. The van der Waals surface area contributed by atoms with Gasteiger partial charge in [-0.05, 0) is 18.6 Å². The summed E-state index contributed by atoms with van der Waals surface area (Å²) >= 11 is 0. The average molecular weight is 193 g/mol. The van der Waals surface area contributed by atoms with Crippen LogP contribution in [0.3, 0.4) is 0 Å². The SMILES string of the molecule is CN=C(N)Nc1cc(OC)ccc1C. The van der Waals surface area contributed by atoms with Gasteiger partial charge in [-0.3, -0.25) is 4.99 Å². The van der Waals surface area contributed by atoms with Crippen molar-refractivity contribution in [2.24, 2.45) is 10.7 Å². The predicted molar refractivity (Wildman–Crippen MR) is 58.9 cm³/mol. The first kappa shape index (κ1) is 10.4. The quantitative estimate of drug-likeness (QED) is 0.550. The summed E-state index contributed by atoms with van der Waals surface area (Å²) in [5, 5.41) is 2.98. The minimum Gasteiger partial charge on any atom is -0.497 e. The zero-order valence-corrected chi connectivity index (χ0v) is 8.66. The topological polar surface area (TPSA) is 59.6 Å². The fourth-order valence-corrected chi connectivity index (χ4v) is 1.06. The maximum absolute atomic E-state index is 5.56. The molecule has 0 aliphatic carbocycles. The predicted octanol–water partition coefficient (Wildman–Crippen LogP) is 1.36. The number of methoxy groups -OCH3 is 1. The van der Waals surface area contributed by atoms with Crippen molar-refractivity contribution >= 4 is 11.6 Å². The molecule has 4 nitrogen and oxygen atoms in total. The standard InChI is InChI=1S/C10H15N3O/c1-7-4-5-8(14-3)6-9(7)13-10(11)12-2/h4-6H,1-3H3,(H3,11,12,13). The summed E-state index contributed by atoms with van der Waals surface area (Å²) in [7, 11) is 3.27. The van der Waals surface area contributed by atoms with E-state index < -0.39 is 0 Å². The molecule has 0 saturated carbocycles. The molecule has 0 aliphatic rings. The third-order valence-corrected chi connectivity index (χ3v) is 1.95. The lowest BCUT2D eigenvalue weighted by atomic mass is 10.2. The lowest BCUT2D eigenvalue weighted by Gasteiger charge is -2.09. The number of aryl methyl sites for hydroxylation is 1. The summed E-state index contributed by atoms with van der Waals surface area (Å²) in [4.78, 5) is 3.82. The van der Waals surface area contributed by atoms with Crippen LogP contribution in [0.15, 0.2) is 23.2 Å². The third kappa shape index (κ3) is 2.39. The van der Waals surface area contributed by atoms with E-state index in [1.54, 1.807) is 14.2 Å². The van der Waals surface area contributed by atoms with Gasteiger partial charge in [0.25, 0.3) is 0 Å². The average Bonchev–Trinajstić information content (AvgIpc) is 2.21. The number of nitrogens with one attached hydrogen (secondary N) is 1. The molecule has 0 atom stereocenters. The Balaban J connectivity index is 2.95. The van der Waals surface area contributed by atoms with Crippen LogP contribution in [0.1, 0.15) is 5.56 Å². The monoisotopic (exact) mass is 193 g/mol. The second-order valence-corrected chi connectivity index (χ2v) is 2.91. The van der Waals surface area contributed by atoms with E-state index >= 15 is 0 Å². The highest BCUT2D eigenvalue weighted by Crippen LogP contribution is 2.21. The highest BCUT2D eigenvalue weighted by Gasteiger charge is 2.00. The molecule has 0 saturated heterocycles. The van der Waals surface area contributed by atoms with Crippen LogP contribution in [0.25, 0.3) is 0 Å². The van der Waals surface area contributed by atoms with Gasteiger partial charge in [-0.2, -0.15) is 0 Å². The van der Waals surface area contributed by atoms with Gasteiger partial charge in [0, 0.05) is 18.8 Å². The molecule has 0 fully saturated rings. The lowest BCUT2D eigenvalue weighted by Crippen LogP contribution is -2.22. The van der Waals surface area contributed by atoms with Crippen LogP contribution in [0.5, 0.6) is 5.75 Å². The first-order valence-electron chi connectivity index (χ1n) is 4.31. The molecule has 0 unspecified atom stereocenters. The van der Waals surface area contributed by atoms with Crippen LogP contribution in [0.4, 0.5) is 5.69 Å². The van der Waals surface area contributed by atoms with Gasteiger partial charge in [-0.15, -0.1) is 0 Å². The van der Waals surface area contributed by atoms with Crippen molar-refractivity contribution < 1.29 is 4.74 Å². The van der Waals surface area contributed by atoms with Gasteiger partial charge in [-0.25, -0.2) is 0 Å². The number of aliphatic imine (C=N–C) groups is 1. The molecule has 76 valence electrons. The van der Waals surface area contributed by atoms with Gasteiger partial charge in [-0.1, -0.05) is 6.07 Å². The van der Waals surface area contributed by atoms with E-state index in [4.69, 9.17) is 10.5 Å². The minimum atomic E-state index is 0.390. The Hall–Kier alpha value is -1.71. The Kier molecular flexibility index (Phi) is 3.34. The summed E-state index contributed by atoms with van der Waals surface area (Å²) in [5.41, 5.74) is 7.57. The molecule has 0 bridgehead atoms. The number of rotatable bonds is 2. The summed E-state index contributed by atoms with van der Waals surface area (Å²) < 4.78 is 5.10. The molecule has 1 rings (SSSR count). The molecule has 0 spiro atoms. The number of benzene rings is 1. The Morgan fingerprint density at radius 3 is 2.79 bits per heavy atom. The Bertz CT molecular complexity index is 347. The normalized spacial score (nSPS) is 11.2. The largest absolute Gasteiger partial charge is 0.497 e. The van der Waals surface area contributed by atoms with Gasteiger partial charge < -0.3 is 15.8 Å². The number of ether oxygens (including phenoxy) is 1. The van der Waals surface area contributed by atoms with E-state index in [0.29, 0.717) is 5.96 Å². The summed E-state index contributed by atoms with van der Waals surface area (Å²) in [5.74, 6) is 1.18. The van der Waals surface area contributed by atoms with E-state index in [1.165, 1.54) is 0 Å². The number of nitrogens with two attached hydrogens (primary N) is 1. The molecule has 0 aromatic heterocycles. The fourth-order valence-electron chi connectivity index (χ4n) is 1.06. The van der Waals surface area contributed by atoms with Crippen LogP contribution in [0.2, 0.25) is 0 Å². The second kappa shape index (κ2) is 4.50. The molecule has 1 aromatic rings. The fraction of sp³-hybridized carbons (Fsp3) is 0.300. The molecule has 3 N–H and O–H groups in total. The van der Waals surface area contributed by atoms with Gasteiger partial charge in [0.2, 0.25) is 0 Å². The van der Waals surface area contributed by atoms with Crippen LogP contribution in [-0.2, 0) is 0 Å². The molecule has 0 aliphatic heterocycles. The molecule has 14 heavy (non-hydrogen) atoms. The summed E-state index contributed by atoms with van der Waals surface area (Å²) in [6.45, 7) is 1.99. The zero-order chi connectivity index (χ0) is 10.6. The Morgan fingerprint density at radius 1 is 1.50 bits per heavy atom. The maximum atomic E-state index is 5.56. The van der Waals surface area contributed by atoms with Crippen LogP contribution >= 0.6 is 0 Å². The van der Waals surface area contributed by atoms with Crippen molar-refractivity contribution in [3.05, 3.63) is 23.8 Å². The third-order valence-electron chi connectivity index (χ3n) is 1.95. The minimum absolute atomic E-state index is 0.390. The van der Waals surface area contributed by atoms with Crippen LogP contribution < -0.4 is 15.8 Å².